The normalized spacial score (nSPS) is 24.1. The van der Waals surface area contributed by atoms with Crippen molar-refractivity contribution in [3.05, 3.63) is 0 Å². The predicted molar refractivity (Wildman–Crippen MR) is 66.4 cm³/mol. The molecule has 0 saturated carbocycles. The molecule has 0 aromatic rings. The van der Waals surface area contributed by atoms with Gasteiger partial charge in [0.1, 0.15) is 0 Å². The Labute approximate surface area is 98.8 Å². The number of nitrogens with zero attached hydrogens (tertiary/aromatic N) is 1. The van der Waals surface area contributed by atoms with Gasteiger partial charge < -0.3 is 10.6 Å². The number of nitrogens with one attached hydrogen (secondary N) is 2. The van der Waals surface area contributed by atoms with Crippen LogP contribution in [0.1, 0.15) is 32.6 Å². The van der Waals surface area contributed by atoms with Crippen LogP contribution in [0.5, 0.6) is 0 Å². The molecular formula is C12H25N3O. The molecule has 1 rings (SSSR count). The summed E-state index contributed by atoms with van der Waals surface area (Å²) in [5, 5.41) is 5.93. The number of rotatable bonds is 5. The molecule has 1 saturated heterocycles. The van der Waals surface area contributed by atoms with E-state index in [-0.39, 0.29) is 11.9 Å². The largest absolute Gasteiger partial charge is 0.358 e. The summed E-state index contributed by atoms with van der Waals surface area (Å²) >= 11 is 0. The molecular weight excluding hydrogens is 202 g/mol. The van der Waals surface area contributed by atoms with Gasteiger partial charge in [0.2, 0.25) is 5.91 Å². The number of likely N-dealkylation sites (tertiary alicyclic amines) is 1. The Morgan fingerprint density at radius 3 is 2.81 bits per heavy atom. The van der Waals surface area contributed by atoms with E-state index in [1.165, 1.54) is 19.3 Å². The van der Waals surface area contributed by atoms with Crippen molar-refractivity contribution < 1.29 is 4.79 Å². The van der Waals surface area contributed by atoms with Crippen molar-refractivity contribution in [1.82, 2.24) is 15.5 Å². The lowest BCUT2D eigenvalue weighted by molar-refractivity contribution is -0.126. The third-order valence-electron chi connectivity index (χ3n) is 3.52. The molecule has 0 aromatic heterocycles. The van der Waals surface area contributed by atoms with E-state index in [2.05, 4.69) is 15.5 Å². The predicted octanol–water partition coefficient (Wildman–Crippen LogP) is 0.585. The molecule has 1 aliphatic heterocycles. The minimum absolute atomic E-state index is 0.00663. The van der Waals surface area contributed by atoms with E-state index in [1.54, 1.807) is 7.05 Å². The van der Waals surface area contributed by atoms with Crippen LogP contribution < -0.4 is 10.6 Å². The van der Waals surface area contributed by atoms with Crippen molar-refractivity contribution in [3.63, 3.8) is 0 Å². The highest BCUT2D eigenvalue weighted by molar-refractivity contribution is 5.81. The Bertz CT molecular complexity index is 220. The minimum Gasteiger partial charge on any atom is -0.358 e. The second kappa shape index (κ2) is 6.86. The van der Waals surface area contributed by atoms with Gasteiger partial charge in [0.05, 0.1) is 6.04 Å². The first-order chi connectivity index (χ1) is 7.70. The minimum atomic E-state index is 0.00663. The molecule has 4 nitrogen and oxygen atoms in total. The summed E-state index contributed by atoms with van der Waals surface area (Å²) in [7, 11) is 3.70. The molecule has 94 valence electrons. The molecule has 0 aliphatic carbocycles. The first-order valence-corrected chi connectivity index (χ1v) is 6.32. The van der Waals surface area contributed by atoms with Crippen molar-refractivity contribution >= 4 is 5.91 Å². The van der Waals surface area contributed by atoms with Crippen molar-refractivity contribution in [2.75, 3.05) is 27.2 Å². The third kappa shape index (κ3) is 3.46. The second-order valence-electron chi connectivity index (χ2n) is 4.57. The van der Waals surface area contributed by atoms with Gasteiger partial charge in [-0.2, -0.15) is 0 Å². The van der Waals surface area contributed by atoms with Crippen LogP contribution in [0, 0.1) is 0 Å². The van der Waals surface area contributed by atoms with Crippen LogP contribution in [0.3, 0.4) is 0 Å². The Morgan fingerprint density at radius 2 is 2.19 bits per heavy atom. The van der Waals surface area contributed by atoms with Crippen LogP contribution in [0.25, 0.3) is 0 Å². The van der Waals surface area contributed by atoms with Crippen LogP contribution in [-0.4, -0.2) is 50.1 Å². The quantitative estimate of drug-likeness (QED) is 0.722. The van der Waals surface area contributed by atoms with Crippen molar-refractivity contribution in [1.29, 1.82) is 0 Å². The summed E-state index contributed by atoms with van der Waals surface area (Å²) in [6.07, 6.45) is 4.88. The van der Waals surface area contributed by atoms with Gasteiger partial charge in [-0.3, -0.25) is 9.69 Å². The lowest BCUT2D eigenvalue weighted by atomic mass is 9.97. The molecule has 16 heavy (non-hydrogen) atoms. The Hall–Kier alpha value is -0.610. The van der Waals surface area contributed by atoms with Crippen LogP contribution in [0.2, 0.25) is 0 Å². The van der Waals surface area contributed by atoms with Crippen LogP contribution >= 0.6 is 0 Å². The zero-order valence-electron chi connectivity index (χ0n) is 10.8. The molecule has 0 spiro atoms. The fourth-order valence-electron chi connectivity index (χ4n) is 2.51. The van der Waals surface area contributed by atoms with Gasteiger partial charge in [-0.05, 0) is 46.3 Å². The molecule has 0 aromatic carbocycles. The van der Waals surface area contributed by atoms with E-state index in [4.69, 9.17) is 0 Å². The summed E-state index contributed by atoms with van der Waals surface area (Å²) in [5.41, 5.74) is 0. The summed E-state index contributed by atoms with van der Waals surface area (Å²) in [4.78, 5) is 14.0. The summed E-state index contributed by atoms with van der Waals surface area (Å²) in [6, 6.07) is 0.570. The number of carbonyl (C=O) groups is 1. The SMILES string of the molecule is CNCCC1CCCCN1C(C)C(=O)NC. The maximum absolute atomic E-state index is 11.7. The smallest absolute Gasteiger partial charge is 0.236 e. The fourth-order valence-corrected chi connectivity index (χ4v) is 2.51. The standard InChI is InChI=1S/C12H25N3O/c1-10(12(16)14-3)15-9-5-4-6-11(15)7-8-13-2/h10-11,13H,4-9H2,1-3H3,(H,14,16). The van der Waals surface area contributed by atoms with Crippen molar-refractivity contribution in [2.45, 2.75) is 44.7 Å². The number of likely N-dealkylation sites (N-methyl/N-ethyl adjacent to an activating group) is 1. The number of amides is 1. The maximum atomic E-state index is 11.7. The molecule has 0 radical (unpaired) electrons. The Morgan fingerprint density at radius 1 is 1.44 bits per heavy atom. The van der Waals surface area contributed by atoms with Crippen LogP contribution in [-0.2, 0) is 4.79 Å². The third-order valence-corrected chi connectivity index (χ3v) is 3.52. The summed E-state index contributed by atoms with van der Waals surface area (Å²) in [5.74, 6) is 0.136. The van der Waals surface area contributed by atoms with E-state index in [1.807, 2.05) is 14.0 Å². The van der Waals surface area contributed by atoms with E-state index in [0.717, 1.165) is 19.5 Å². The van der Waals surface area contributed by atoms with Crippen molar-refractivity contribution in [2.24, 2.45) is 0 Å². The molecule has 1 aliphatic rings. The summed E-state index contributed by atoms with van der Waals surface area (Å²) in [6.45, 7) is 4.10. The first kappa shape index (κ1) is 13.5. The van der Waals surface area contributed by atoms with E-state index in [9.17, 15) is 4.79 Å². The van der Waals surface area contributed by atoms with E-state index in [0.29, 0.717) is 6.04 Å². The van der Waals surface area contributed by atoms with Gasteiger partial charge in [-0.25, -0.2) is 0 Å². The number of piperidine rings is 1. The van der Waals surface area contributed by atoms with Gasteiger partial charge in [0, 0.05) is 13.1 Å². The zero-order chi connectivity index (χ0) is 12.0. The average Bonchev–Trinajstić information content (AvgIpc) is 2.34. The van der Waals surface area contributed by atoms with Gasteiger partial charge in [-0.15, -0.1) is 0 Å². The molecule has 0 bridgehead atoms. The van der Waals surface area contributed by atoms with Gasteiger partial charge in [0.25, 0.3) is 0 Å². The lowest BCUT2D eigenvalue weighted by Crippen LogP contribution is -2.51. The monoisotopic (exact) mass is 227 g/mol. The first-order valence-electron chi connectivity index (χ1n) is 6.32. The molecule has 1 heterocycles. The fraction of sp³-hybridized carbons (Fsp3) is 0.917. The number of hydrogen-bond donors (Lipinski definition) is 2. The summed E-state index contributed by atoms with van der Waals surface area (Å²) < 4.78 is 0. The molecule has 2 unspecified atom stereocenters. The second-order valence-corrected chi connectivity index (χ2v) is 4.57. The lowest BCUT2D eigenvalue weighted by Gasteiger charge is -2.39. The Balaban J connectivity index is 2.54. The molecule has 1 fully saturated rings. The number of hydrogen-bond acceptors (Lipinski definition) is 3. The molecule has 2 N–H and O–H groups in total. The molecule has 1 amide bonds. The van der Waals surface area contributed by atoms with Gasteiger partial charge in [0.15, 0.2) is 0 Å². The highest BCUT2D eigenvalue weighted by atomic mass is 16.2. The van der Waals surface area contributed by atoms with Crippen molar-refractivity contribution in [3.8, 4) is 0 Å². The van der Waals surface area contributed by atoms with Crippen LogP contribution in [0.4, 0.5) is 0 Å². The van der Waals surface area contributed by atoms with E-state index < -0.39 is 0 Å². The molecule has 4 heteroatoms. The number of carbonyl (C=O) groups excluding carboxylic acids is 1. The average molecular weight is 227 g/mol. The van der Waals surface area contributed by atoms with Crippen LogP contribution in [0.15, 0.2) is 0 Å². The Kier molecular flexibility index (Phi) is 5.77. The van der Waals surface area contributed by atoms with E-state index >= 15 is 0 Å². The maximum Gasteiger partial charge on any atom is 0.236 e. The molecule has 2 atom stereocenters. The zero-order valence-corrected chi connectivity index (χ0v) is 10.8. The highest BCUT2D eigenvalue weighted by Crippen LogP contribution is 2.21. The van der Waals surface area contributed by atoms with Gasteiger partial charge in [-0.1, -0.05) is 6.42 Å². The highest BCUT2D eigenvalue weighted by Gasteiger charge is 2.29. The van der Waals surface area contributed by atoms with Gasteiger partial charge >= 0.3 is 0 Å². The topological polar surface area (TPSA) is 44.4 Å².